The summed E-state index contributed by atoms with van der Waals surface area (Å²) in [5.74, 6) is 0.813. The third-order valence-electron chi connectivity index (χ3n) is 3.15. The molecule has 5 heteroatoms. The number of hydrogen-bond acceptors (Lipinski definition) is 1. The van der Waals surface area contributed by atoms with Gasteiger partial charge in [-0.3, -0.25) is 4.99 Å². The maximum Gasteiger partial charge on any atom is 0.191 e. The lowest BCUT2D eigenvalue weighted by molar-refractivity contribution is 0.794. The van der Waals surface area contributed by atoms with Crippen LogP contribution in [0, 0.1) is 0 Å². The summed E-state index contributed by atoms with van der Waals surface area (Å²) in [6.45, 7) is 1.59. The van der Waals surface area contributed by atoms with Crippen molar-refractivity contribution < 1.29 is 0 Å². The molecule has 0 aliphatic heterocycles. The predicted molar refractivity (Wildman–Crippen MR) is 105 cm³/mol. The first-order valence-electron chi connectivity index (χ1n) is 7.01. The highest BCUT2D eigenvalue weighted by Gasteiger charge is 1.98. The Morgan fingerprint density at radius 3 is 2.27 bits per heavy atom. The fourth-order valence-electron chi connectivity index (χ4n) is 1.98. The number of nitrogens with zero attached hydrogens (tertiary/aromatic N) is 1. The third-order valence-corrected chi connectivity index (χ3v) is 3.40. The fourth-order valence-corrected chi connectivity index (χ4v) is 2.10. The van der Waals surface area contributed by atoms with Crippen molar-refractivity contribution >= 4 is 41.5 Å². The van der Waals surface area contributed by atoms with Crippen molar-refractivity contribution in [1.82, 2.24) is 10.6 Å². The molecule has 0 fully saturated rings. The highest BCUT2D eigenvalue weighted by Crippen LogP contribution is 2.09. The summed E-state index contributed by atoms with van der Waals surface area (Å²) in [4.78, 5) is 4.22. The lowest BCUT2D eigenvalue weighted by atomic mass is 10.1. The van der Waals surface area contributed by atoms with Crippen LogP contribution in [0.25, 0.3) is 0 Å². The van der Waals surface area contributed by atoms with Crippen LogP contribution in [0.4, 0.5) is 0 Å². The smallest absolute Gasteiger partial charge is 0.191 e. The number of guanidine groups is 1. The van der Waals surface area contributed by atoms with E-state index in [-0.39, 0.29) is 24.0 Å². The van der Waals surface area contributed by atoms with E-state index in [4.69, 9.17) is 11.6 Å². The van der Waals surface area contributed by atoms with Crippen molar-refractivity contribution in [1.29, 1.82) is 0 Å². The molecular weight excluding hydrogens is 409 g/mol. The molecule has 0 aromatic heterocycles. The Kier molecular flexibility index (Phi) is 8.92. The van der Waals surface area contributed by atoms with E-state index < -0.39 is 0 Å². The number of hydrogen-bond donors (Lipinski definition) is 2. The molecule has 3 nitrogen and oxygen atoms in total. The molecule has 0 aliphatic rings. The van der Waals surface area contributed by atoms with E-state index in [0.29, 0.717) is 0 Å². The van der Waals surface area contributed by atoms with Gasteiger partial charge in [-0.2, -0.15) is 0 Å². The highest BCUT2D eigenvalue weighted by molar-refractivity contribution is 14.0. The zero-order valence-corrected chi connectivity index (χ0v) is 15.6. The molecule has 0 aliphatic carbocycles. The number of nitrogens with one attached hydrogen (secondary N) is 2. The van der Waals surface area contributed by atoms with Crippen LogP contribution >= 0.6 is 35.6 Å². The summed E-state index contributed by atoms with van der Waals surface area (Å²) < 4.78 is 0. The largest absolute Gasteiger partial charge is 0.356 e. The molecule has 2 aromatic rings. The topological polar surface area (TPSA) is 36.4 Å². The van der Waals surface area contributed by atoms with E-state index in [1.54, 1.807) is 7.05 Å². The average Bonchev–Trinajstić information content (AvgIpc) is 2.53. The standard InChI is InChI=1S/C17H20ClN3.HI/c1-19-17(21-13-15-5-3-2-4-6-15)20-12-11-14-7-9-16(18)10-8-14;/h2-10H,11-13H2,1H3,(H2,19,20,21);1H. The van der Waals surface area contributed by atoms with Crippen LogP contribution in [0.3, 0.4) is 0 Å². The lowest BCUT2D eigenvalue weighted by Crippen LogP contribution is -2.37. The van der Waals surface area contributed by atoms with Gasteiger partial charge in [0.05, 0.1) is 0 Å². The Balaban J connectivity index is 0.00000242. The first-order chi connectivity index (χ1) is 10.3. The lowest BCUT2D eigenvalue weighted by Gasteiger charge is -2.12. The van der Waals surface area contributed by atoms with Crippen molar-refractivity contribution in [2.24, 2.45) is 4.99 Å². The maximum absolute atomic E-state index is 5.87. The second-order valence-electron chi connectivity index (χ2n) is 4.71. The third kappa shape index (κ3) is 6.66. The van der Waals surface area contributed by atoms with E-state index in [1.165, 1.54) is 11.1 Å². The van der Waals surface area contributed by atoms with Crippen molar-refractivity contribution in [3.8, 4) is 0 Å². The van der Waals surface area contributed by atoms with Crippen LogP contribution in [0.5, 0.6) is 0 Å². The second-order valence-corrected chi connectivity index (χ2v) is 5.15. The zero-order valence-electron chi connectivity index (χ0n) is 12.6. The molecule has 22 heavy (non-hydrogen) atoms. The van der Waals surface area contributed by atoms with Crippen LogP contribution in [0.15, 0.2) is 59.6 Å². The van der Waals surface area contributed by atoms with Gasteiger partial charge in [0.2, 0.25) is 0 Å². The highest BCUT2D eigenvalue weighted by atomic mass is 127. The van der Waals surface area contributed by atoms with Gasteiger partial charge in [-0.15, -0.1) is 24.0 Å². The zero-order chi connectivity index (χ0) is 14.9. The molecule has 0 heterocycles. The Morgan fingerprint density at radius 1 is 0.955 bits per heavy atom. The molecule has 0 saturated heterocycles. The van der Waals surface area contributed by atoms with Gasteiger partial charge in [0, 0.05) is 25.2 Å². The molecule has 2 N–H and O–H groups in total. The summed E-state index contributed by atoms with van der Waals surface area (Å²) in [6.07, 6.45) is 0.934. The molecule has 0 amide bonds. The normalized spacial score (nSPS) is 10.7. The molecule has 118 valence electrons. The Labute approximate surface area is 154 Å². The molecule has 0 unspecified atom stereocenters. The van der Waals surface area contributed by atoms with Gasteiger partial charge in [0.15, 0.2) is 5.96 Å². The second kappa shape index (κ2) is 10.5. The minimum atomic E-state index is 0. The van der Waals surface area contributed by atoms with Crippen molar-refractivity contribution in [2.45, 2.75) is 13.0 Å². The van der Waals surface area contributed by atoms with Crippen molar-refractivity contribution in [3.63, 3.8) is 0 Å². The molecule has 0 bridgehead atoms. The van der Waals surface area contributed by atoms with E-state index in [9.17, 15) is 0 Å². The minimum absolute atomic E-state index is 0. The van der Waals surface area contributed by atoms with E-state index in [1.807, 2.05) is 42.5 Å². The molecule has 0 radical (unpaired) electrons. The quantitative estimate of drug-likeness (QED) is 0.430. The van der Waals surface area contributed by atoms with Gasteiger partial charge >= 0.3 is 0 Å². The molecular formula is C17H21ClIN3. The van der Waals surface area contributed by atoms with E-state index >= 15 is 0 Å². The molecule has 0 spiro atoms. The molecule has 2 aromatic carbocycles. The van der Waals surface area contributed by atoms with Gasteiger partial charge in [-0.1, -0.05) is 54.1 Å². The van der Waals surface area contributed by atoms with Gasteiger partial charge in [0.25, 0.3) is 0 Å². The van der Waals surface area contributed by atoms with Gasteiger partial charge in [0.1, 0.15) is 0 Å². The van der Waals surface area contributed by atoms with Crippen LogP contribution in [0.2, 0.25) is 5.02 Å². The SMILES string of the molecule is CN=C(NCCc1ccc(Cl)cc1)NCc1ccccc1.I. The molecule has 0 saturated carbocycles. The minimum Gasteiger partial charge on any atom is -0.356 e. The van der Waals surface area contributed by atoms with Crippen molar-refractivity contribution in [2.75, 3.05) is 13.6 Å². The fraction of sp³-hybridized carbons (Fsp3) is 0.235. The number of benzene rings is 2. The number of rotatable bonds is 5. The predicted octanol–water partition coefficient (Wildman–Crippen LogP) is 3.87. The first-order valence-corrected chi connectivity index (χ1v) is 7.38. The number of halogens is 2. The number of aliphatic imine (C=N–C) groups is 1. The summed E-state index contributed by atoms with van der Waals surface area (Å²) in [5, 5.41) is 7.38. The van der Waals surface area contributed by atoms with Crippen LogP contribution in [-0.4, -0.2) is 19.6 Å². The summed E-state index contributed by atoms with van der Waals surface area (Å²) in [7, 11) is 1.78. The van der Waals surface area contributed by atoms with Crippen LogP contribution < -0.4 is 10.6 Å². The van der Waals surface area contributed by atoms with Crippen molar-refractivity contribution in [3.05, 3.63) is 70.7 Å². The summed E-state index contributed by atoms with van der Waals surface area (Å²) >= 11 is 5.87. The first kappa shape index (κ1) is 18.8. The Bertz CT molecular complexity index is 570. The van der Waals surface area contributed by atoms with E-state index in [2.05, 4.69) is 27.8 Å². The summed E-state index contributed by atoms with van der Waals surface area (Å²) in [5.41, 5.74) is 2.49. The monoisotopic (exact) mass is 429 g/mol. The van der Waals surface area contributed by atoms with E-state index in [0.717, 1.165) is 30.5 Å². The van der Waals surface area contributed by atoms with Crippen LogP contribution in [0.1, 0.15) is 11.1 Å². The summed E-state index contributed by atoms with van der Waals surface area (Å²) in [6, 6.07) is 18.2. The van der Waals surface area contributed by atoms with Gasteiger partial charge in [-0.05, 0) is 29.7 Å². The molecule has 2 rings (SSSR count). The van der Waals surface area contributed by atoms with Crippen LogP contribution in [-0.2, 0) is 13.0 Å². The molecule has 0 atom stereocenters. The van der Waals surface area contributed by atoms with Gasteiger partial charge in [-0.25, -0.2) is 0 Å². The Hall–Kier alpha value is -1.27. The maximum atomic E-state index is 5.87. The average molecular weight is 430 g/mol. The Morgan fingerprint density at radius 2 is 1.64 bits per heavy atom. The van der Waals surface area contributed by atoms with Gasteiger partial charge < -0.3 is 10.6 Å².